The van der Waals surface area contributed by atoms with Gasteiger partial charge < -0.3 is 25.4 Å². The third kappa shape index (κ3) is 3.00. The number of carbonyl (C=O) groups excluding carboxylic acids is 1. The molecule has 0 radical (unpaired) electrons. The number of imidazole rings is 1. The molecule has 0 aliphatic heterocycles. The standard InChI is InChI=1S/C22H21BrN6O3/c1-24-19-15-20(28-14(27-19)8-5-11-3-6-12(23)7-4-11)29(10-26-15)16-13-9-22(13,21(32)25-2)18(31)17(16)30/h3-4,6-7,10,13,16-18,30-31H,9H2,1-2H3,(H,25,32)(H,24,27,28)/t13-,16-,17+,18+,22+/m1/s1. The molecule has 2 aromatic heterocycles. The highest BCUT2D eigenvalue weighted by Crippen LogP contribution is 2.67. The highest BCUT2D eigenvalue weighted by molar-refractivity contribution is 9.10. The lowest BCUT2D eigenvalue weighted by molar-refractivity contribution is -0.132. The first-order valence-electron chi connectivity index (χ1n) is 10.2. The third-order valence-electron chi connectivity index (χ3n) is 6.46. The molecule has 0 bridgehead atoms. The van der Waals surface area contributed by atoms with Gasteiger partial charge in [-0.1, -0.05) is 21.9 Å². The van der Waals surface area contributed by atoms with Gasteiger partial charge in [0.2, 0.25) is 11.7 Å². The van der Waals surface area contributed by atoms with Crippen LogP contribution in [0.15, 0.2) is 35.1 Å². The maximum Gasteiger partial charge on any atom is 0.229 e. The van der Waals surface area contributed by atoms with Crippen LogP contribution >= 0.6 is 15.9 Å². The molecule has 4 N–H and O–H groups in total. The molecule has 2 aliphatic rings. The zero-order valence-electron chi connectivity index (χ0n) is 17.4. The number of nitrogens with one attached hydrogen (secondary N) is 2. The Balaban J connectivity index is 1.57. The molecule has 9 nitrogen and oxygen atoms in total. The van der Waals surface area contributed by atoms with E-state index in [1.807, 2.05) is 24.3 Å². The number of hydrogen-bond donors (Lipinski definition) is 4. The summed E-state index contributed by atoms with van der Waals surface area (Å²) in [5, 5.41) is 27.1. The van der Waals surface area contributed by atoms with Gasteiger partial charge in [-0.15, -0.1) is 0 Å². The third-order valence-corrected chi connectivity index (χ3v) is 6.99. The number of aliphatic hydroxyl groups excluding tert-OH is 2. The molecule has 0 unspecified atom stereocenters. The Morgan fingerprint density at radius 1 is 1.22 bits per heavy atom. The molecule has 2 fully saturated rings. The zero-order valence-corrected chi connectivity index (χ0v) is 19.0. The van der Waals surface area contributed by atoms with Gasteiger partial charge in [-0.05, 0) is 36.6 Å². The SMILES string of the molecule is CNC(=O)[C@@]12C[C@@H]1[C@@H](n1cnc3c(NC)nc(C#Cc4ccc(Br)cc4)nc31)[C@H](O)[C@@H]2O. The van der Waals surface area contributed by atoms with Crippen LogP contribution in [-0.2, 0) is 4.79 Å². The Labute approximate surface area is 192 Å². The quantitative estimate of drug-likeness (QED) is 0.399. The van der Waals surface area contributed by atoms with Gasteiger partial charge in [0.1, 0.15) is 6.10 Å². The molecule has 10 heteroatoms. The Morgan fingerprint density at radius 2 is 1.97 bits per heavy atom. The largest absolute Gasteiger partial charge is 0.389 e. The van der Waals surface area contributed by atoms with E-state index in [9.17, 15) is 15.0 Å². The van der Waals surface area contributed by atoms with E-state index in [4.69, 9.17) is 0 Å². The Kier molecular flexibility index (Phi) is 4.93. The number of fused-ring (bicyclic) bond motifs is 2. The second-order valence-corrected chi connectivity index (χ2v) is 9.00. The average molecular weight is 497 g/mol. The van der Waals surface area contributed by atoms with E-state index in [1.165, 1.54) is 7.05 Å². The maximum atomic E-state index is 12.4. The lowest BCUT2D eigenvalue weighted by Crippen LogP contribution is -2.41. The molecule has 32 heavy (non-hydrogen) atoms. The molecule has 1 aromatic carbocycles. The number of benzene rings is 1. The molecule has 2 aliphatic carbocycles. The minimum absolute atomic E-state index is 0.213. The molecule has 164 valence electrons. The van der Waals surface area contributed by atoms with Crippen molar-refractivity contribution in [2.24, 2.45) is 11.3 Å². The summed E-state index contributed by atoms with van der Waals surface area (Å²) in [5.74, 6) is 6.38. The number of carbonyl (C=O) groups is 1. The number of aromatic nitrogens is 4. The fourth-order valence-corrected chi connectivity index (χ4v) is 5.08. The van der Waals surface area contributed by atoms with Gasteiger partial charge in [-0.2, -0.15) is 0 Å². The van der Waals surface area contributed by atoms with Crippen molar-refractivity contribution in [3.05, 3.63) is 46.5 Å². The van der Waals surface area contributed by atoms with Crippen LogP contribution in [0.5, 0.6) is 0 Å². The van der Waals surface area contributed by atoms with Crippen molar-refractivity contribution >= 4 is 38.8 Å². The number of anilines is 1. The Morgan fingerprint density at radius 3 is 2.66 bits per heavy atom. The molecule has 2 heterocycles. The van der Waals surface area contributed by atoms with Crippen molar-refractivity contribution in [1.29, 1.82) is 0 Å². The number of rotatable bonds is 3. The smallest absolute Gasteiger partial charge is 0.229 e. The van der Waals surface area contributed by atoms with E-state index in [-0.39, 0.29) is 11.8 Å². The summed E-state index contributed by atoms with van der Waals surface area (Å²) < 4.78 is 2.70. The first-order chi connectivity index (χ1) is 15.4. The fourth-order valence-electron chi connectivity index (χ4n) is 4.81. The minimum atomic E-state index is -1.16. The summed E-state index contributed by atoms with van der Waals surface area (Å²) in [5.41, 5.74) is 0.860. The summed E-state index contributed by atoms with van der Waals surface area (Å²) >= 11 is 3.40. The predicted molar refractivity (Wildman–Crippen MR) is 121 cm³/mol. The first-order valence-corrected chi connectivity index (χ1v) is 11.0. The van der Waals surface area contributed by atoms with Gasteiger partial charge in [-0.25, -0.2) is 15.0 Å². The second kappa shape index (κ2) is 7.55. The van der Waals surface area contributed by atoms with Crippen molar-refractivity contribution in [3.63, 3.8) is 0 Å². The van der Waals surface area contributed by atoms with Crippen molar-refractivity contribution in [3.8, 4) is 11.8 Å². The molecular formula is C22H21BrN6O3. The van der Waals surface area contributed by atoms with E-state index in [0.29, 0.717) is 29.2 Å². The molecule has 5 atom stereocenters. The van der Waals surface area contributed by atoms with E-state index in [1.54, 1.807) is 17.9 Å². The van der Waals surface area contributed by atoms with Crippen LogP contribution in [0, 0.1) is 23.2 Å². The van der Waals surface area contributed by atoms with Gasteiger partial charge in [0.25, 0.3) is 0 Å². The average Bonchev–Trinajstić information content (AvgIpc) is 3.34. The van der Waals surface area contributed by atoms with Gasteiger partial charge in [0.15, 0.2) is 17.0 Å². The molecule has 1 amide bonds. The summed E-state index contributed by atoms with van der Waals surface area (Å²) in [4.78, 5) is 25.9. The minimum Gasteiger partial charge on any atom is -0.389 e. The van der Waals surface area contributed by atoms with Crippen LogP contribution in [-0.4, -0.2) is 61.9 Å². The van der Waals surface area contributed by atoms with E-state index < -0.39 is 23.7 Å². The van der Waals surface area contributed by atoms with Gasteiger partial charge >= 0.3 is 0 Å². The van der Waals surface area contributed by atoms with Gasteiger partial charge in [0, 0.05) is 30.0 Å². The molecular weight excluding hydrogens is 476 g/mol. The second-order valence-electron chi connectivity index (χ2n) is 8.08. The van der Waals surface area contributed by atoms with Crippen molar-refractivity contribution < 1.29 is 15.0 Å². The number of nitrogens with zero attached hydrogens (tertiary/aromatic N) is 4. The van der Waals surface area contributed by atoms with E-state index in [2.05, 4.69) is 53.4 Å². The van der Waals surface area contributed by atoms with E-state index in [0.717, 1.165) is 10.0 Å². The fraction of sp³-hybridized carbons (Fsp3) is 0.364. The van der Waals surface area contributed by atoms with Gasteiger partial charge in [0.05, 0.1) is 23.9 Å². The van der Waals surface area contributed by atoms with Crippen LogP contribution < -0.4 is 10.6 Å². The van der Waals surface area contributed by atoms with Crippen LogP contribution in [0.3, 0.4) is 0 Å². The molecule has 5 rings (SSSR count). The normalized spacial score (nSPS) is 28.0. The molecule has 3 aromatic rings. The highest BCUT2D eigenvalue weighted by atomic mass is 79.9. The summed E-state index contributed by atoms with van der Waals surface area (Å²) in [6, 6.07) is 7.06. The zero-order chi connectivity index (χ0) is 22.6. The molecule has 2 saturated carbocycles. The van der Waals surface area contributed by atoms with E-state index >= 15 is 0 Å². The number of hydrogen-bond acceptors (Lipinski definition) is 7. The van der Waals surface area contributed by atoms with Crippen LogP contribution in [0.1, 0.15) is 23.9 Å². The molecule has 0 saturated heterocycles. The Bertz CT molecular complexity index is 1280. The monoisotopic (exact) mass is 496 g/mol. The Hall–Kier alpha value is -3.00. The van der Waals surface area contributed by atoms with Crippen LogP contribution in [0.25, 0.3) is 11.2 Å². The summed E-state index contributed by atoms with van der Waals surface area (Å²) in [7, 11) is 3.27. The lowest BCUT2D eigenvalue weighted by Gasteiger charge is -2.23. The lowest BCUT2D eigenvalue weighted by atomic mass is 9.98. The predicted octanol–water partition coefficient (Wildman–Crippen LogP) is 1.06. The topological polar surface area (TPSA) is 125 Å². The van der Waals surface area contributed by atoms with Crippen LogP contribution in [0.4, 0.5) is 5.82 Å². The summed E-state index contributed by atoms with van der Waals surface area (Å²) in [6.07, 6.45) is -0.202. The van der Waals surface area contributed by atoms with Crippen LogP contribution in [0.2, 0.25) is 0 Å². The van der Waals surface area contributed by atoms with Crippen molar-refractivity contribution in [2.75, 3.05) is 19.4 Å². The number of amides is 1. The highest BCUT2D eigenvalue weighted by Gasteiger charge is 2.75. The number of halogens is 1. The maximum absolute atomic E-state index is 12.4. The first kappa shape index (κ1) is 20.9. The van der Waals surface area contributed by atoms with Crippen molar-refractivity contribution in [1.82, 2.24) is 24.8 Å². The number of aliphatic hydroxyl groups is 2. The molecule has 0 spiro atoms. The van der Waals surface area contributed by atoms with Gasteiger partial charge in [-0.3, -0.25) is 4.79 Å². The van der Waals surface area contributed by atoms with Crippen molar-refractivity contribution in [2.45, 2.75) is 24.7 Å². The summed E-state index contributed by atoms with van der Waals surface area (Å²) in [6.45, 7) is 0.